The van der Waals surface area contributed by atoms with Gasteiger partial charge in [0.15, 0.2) is 0 Å². The summed E-state index contributed by atoms with van der Waals surface area (Å²) in [5, 5.41) is 9.90. The van der Waals surface area contributed by atoms with Gasteiger partial charge in [0.2, 0.25) is 0 Å². The summed E-state index contributed by atoms with van der Waals surface area (Å²) in [6, 6.07) is 14.2. The number of hydrogen-bond donors (Lipinski definition) is 1. The molecule has 0 bridgehead atoms. The van der Waals surface area contributed by atoms with Crippen molar-refractivity contribution in [1.29, 1.82) is 0 Å². The van der Waals surface area contributed by atoms with E-state index in [0.29, 0.717) is 0 Å². The number of nitrogens with zero attached hydrogens (tertiary/aromatic N) is 1. The zero-order valence-electron chi connectivity index (χ0n) is 11.5. The minimum absolute atomic E-state index is 0.481. The van der Waals surface area contributed by atoms with E-state index < -0.39 is 6.10 Å². The maximum atomic E-state index is 9.90. The fourth-order valence-corrected chi connectivity index (χ4v) is 2.76. The van der Waals surface area contributed by atoms with Gasteiger partial charge in [-0.1, -0.05) is 50.1 Å². The number of aliphatic hydroxyl groups is 1. The lowest BCUT2D eigenvalue weighted by atomic mass is 10.1. The number of anilines is 1. The van der Waals surface area contributed by atoms with E-state index in [1.807, 2.05) is 37.4 Å². The van der Waals surface area contributed by atoms with Crippen LogP contribution >= 0.6 is 31.9 Å². The van der Waals surface area contributed by atoms with Crippen molar-refractivity contribution < 1.29 is 5.11 Å². The number of benzene rings is 2. The van der Waals surface area contributed by atoms with E-state index in [0.717, 1.165) is 26.7 Å². The van der Waals surface area contributed by atoms with Gasteiger partial charge in [0.25, 0.3) is 0 Å². The first-order valence-corrected chi connectivity index (χ1v) is 7.99. The average molecular weight is 399 g/mol. The zero-order valence-corrected chi connectivity index (χ0v) is 14.6. The van der Waals surface area contributed by atoms with E-state index in [1.54, 1.807) is 6.92 Å². The third kappa shape index (κ3) is 3.84. The van der Waals surface area contributed by atoms with Crippen LogP contribution in [-0.2, 0) is 6.54 Å². The van der Waals surface area contributed by atoms with Crippen LogP contribution in [0.1, 0.15) is 24.2 Å². The Morgan fingerprint density at radius 3 is 2.25 bits per heavy atom. The molecule has 2 aromatic rings. The van der Waals surface area contributed by atoms with Crippen LogP contribution in [0.15, 0.2) is 51.4 Å². The molecule has 0 aromatic heterocycles. The van der Waals surface area contributed by atoms with E-state index >= 15 is 0 Å². The normalized spacial score (nSPS) is 12.2. The summed E-state index contributed by atoms with van der Waals surface area (Å²) < 4.78 is 2.09. The van der Waals surface area contributed by atoms with E-state index in [9.17, 15) is 5.11 Å². The van der Waals surface area contributed by atoms with Gasteiger partial charge in [0, 0.05) is 33.8 Å². The lowest BCUT2D eigenvalue weighted by Gasteiger charge is -2.24. The van der Waals surface area contributed by atoms with E-state index in [2.05, 4.69) is 48.9 Å². The highest BCUT2D eigenvalue weighted by Gasteiger charge is 2.12. The van der Waals surface area contributed by atoms with Crippen LogP contribution in [0.4, 0.5) is 5.69 Å². The molecule has 0 saturated carbocycles. The molecular formula is C16H17Br2NO. The Hall–Kier alpha value is -0.840. The van der Waals surface area contributed by atoms with Gasteiger partial charge >= 0.3 is 0 Å². The smallest absolute Gasteiger partial charge is 0.0782 e. The molecule has 1 atom stereocenters. The molecule has 2 aromatic carbocycles. The SMILES string of the molecule is CC(O)c1ccc(Br)cc1N(C)Cc1ccc(Br)cc1. The largest absolute Gasteiger partial charge is 0.389 e. The highest BCUT2D eigenvalue weighted by Crippen LogP contribution is 2.30. The molecule has 20 heavy (non-hydrogen) atoms. The summed E-state index contributed by atoms with van der Waals surface area (Å²) in [4.78, 5) is 2.15. The van der Waals surface area contributed by atoms with Crippen LogP contribution in [0.3, 0.4) is 0 Å². The van der Waals surface area contributed by atoms with E-state index in [1.165, 1.54) is 5.56 Å². The van der Waals surface area contributed by atoms with Crippen molar-refractivity contribution in [2.45, 2.75) is 19.6 Å². The van der Waals surface area contributed by atoms with Crippen LogP contribution in [0.25, 0.3) is 0 Å². The van der Waals surface area contributed by atoms with Crippen molar-refractivity contribution in [1.82, 2.24) is 0 Å². The van der Waals surface area contributed by atoms with Crippen LogP contribution in [0, 0.1) is 0 Å². The Bertz CT molecular complexity index is 582. The van der Waals surface area contributed by atoms with Crippen LogP contribution in [0.5, 0.6) is 0 Å². The second kappa shape index (κ2) is 6.74. The Labute approximate surface area is 136 Å². The quantitative estimate of drug-likeness (QED) is 0.791. The molecule has 0 saturated heterocycles. The first-order chi connectivity index (χ1) is 9.47. The van der Waals surface area contributed by atoms with Crippen molar-refractivity contribution in [2.24, 2.45) is 0 Å². The summed E-state index contributed by atoms with van der Waals surface area (Å²) in [7, 11) is 2.04. The third-order valence-electron chi connectivity index (χ3n) is 3.19. The van der Waals surface area contributed by atoms with Crippen LogP contribution in [0.2, 0.25) is 0 Å². The van der Waals surface area contributed by atoms with Crippen molar-refractivity contribution >= 4 is 37.5 Å². The van der Waals surface area contributed by atoms with Gasteiger partial charge in [-0.3, -0.25) is 0 Å². The highest BCUT2D eigenvalue weighted by atomic mass is 79.9. The molecule has 4 heteroatoms. The minimum Gasteiger partial charge on any atom is -0.389 e. The van der Waals surface area contributed by atoms with E-state index in [-0.39, 0.29) is 0 Å². The molecule has 0 aliphatic heterocycles. The highest BCUT2D eigenvalue weighted by molar-refractivity contribution is 9.10. The summed E-state index contributed by atoms with van der Waals surface area (Å²) in [5.41, 5.74) is 3.21. The monoisotopic (exact) mass is 397 g/mol. The Balaban J connectivity index is 2.26. The summed E-state index contributed by atoms with van der Waals surface area (Å²) >= 11 is 6.94. The van der Waals surface area contributed by atoms with Crippen LogP contribution in [-0.4, -0.2) is 12.2 Å². The maximum absolute atomic E-state index is 9.90. The van der Waals surface area contributed by atoms with Gasteiger partial charge < -0.3 is 10.0 Å². The minimum atomic E-state index is -0.481. The molecule has 2 nitrogen and oxygen atoms in total. The summed E-state index contributed by atoms with van der Waals surface area (Å²) in [6.07, 6.45) is -0.481. The number of halogens is 2. The van der Waals surface area contributed by atoms with Gasteiger partial charge in [-0.05, 0) is 36.8 Å². The predicted octanol–water partition coefficient (Wildman–Crippen LogP) is 4.90. The fourth-order valence-electron chi connectivity index (χ4n) is 2.15. The van der Waals surface area contributed by atoms with Crippen molar-refractivity contribution in [2.75, 3.05) is 11.9 Å². The van der Waals surface area contributed by atoms with E-state index in [4.69, 9.17) is 0 Å². The molecule has 1 unspecified atom stereocenters. The standard InChI is InChI=1S/C16H17Br2NO/c1-11(20)15-8-7-14(18)9-16(15)19(2)10-12-3-5-13(17)6-4-12/h3-9,11,20H,10H2,1-2H3. The van der Waals surface area contributed by atoms with Crippen molar-refractivity contribution in [3.05, 3.63) is 62.5 Å². The second-order valence-electron chi connectivity index (χ2n) is 4.86. The number of aliphatic hydroxyl groups excluding tert-OH is 1. The van der Waals surface area contributed by atoms with Gasteiger partial charge in [-0.25, -0.2) is 0 Å². The molecular weight excluding hydrogens is 382 g/mol. The average Bonchev–Trinajstić information content (AvgIpc) is 2.41. The summed E-state index contributed by atoms with van der Waals surface area (Å²) in [5.74, 6) is 0. The Kier molecular flexibility index (Phi) is 5.24. The lowest BCUT2D eigenvalue weighted by Crippen LogP contribution is -2.18. The van der Waals surface area contributed by atoms with Crippen molar-refractivity contribution in [3.63, 3.8) is 0 Å². The first kappa shape index (κ1) is 15.5. The Morgan fingerprint density at radius 1 is 1.05 bits per heavy atom. The molecule has 0 amide bonds. The molecule has 0 aliphatic rings. The zero-order chi connectivity index (χ0) is 14.7. The summed E-state index contributed by atoms with van der Waals surface area (Å²) in [6.45, 7) is 2.59. The van der Waals surface area contributed by atoms with Crippen LogP contribution < -0.4 is 4.90 Å². The predicted molar refractivity (Wildman–Crippen MR) is 91.0 cm³/mol. The molecule has 0 spiro atoms. The first-order valence-electron chi connectivity index (χ1n) is 6.40. The molecule has 0 fully saturated rings. The molecule has 2 rings (SSSR count). The van der Waals surface area contributed by atoms with Crippen molar-refractivity contribution in [3.8, 4) is 0 Å². The molecule has 1 N–H and O–H groups in total. The molecule has 106 valence electrons. The molecule has 0 aliphatic carbocycles. The maximum Gasteiger partial charge on any atom is 0.0782 e. The second-order valence-corrected chi connectivity index (χ2v) is 6.69. The van der Waals surface area contributed by atoms with Gasteiger partial charge in [0.05, 0.1) is 6.10 Å². The molecule has 0 heterocycles. The number of rotatable bonds is 4. The lowest BCUT2D eigenvalue weighted by molar-refractivity contribution is 0.199. The van der Waals surface area contributed by atoms with Gasteiger partial charge in [0.1, 0.15) is 0 Å². The van der Waals surface area contributed by atoms with Gasteiger partial charge in [-0.2, -0.15) is 0 Å². The third-order valence-corrected chi connectivity index (χ3v) is 4.21. The van der Waals surface area contributed by atoms with Gasteiger partial charge in [-0.15, -0.1) is 0 Å². The topological polar surface area (TPSA) is 23.5 Å². The number of hydrogen-bond acceptors (Lipinski definition) is 2. The molecule has 0 radical (unpaired) electrons. The Morgan fingerprint density at radius 2 is 1.65 bits per heavy atom. The fraction of sp³-hybridized carbons (Fsp3) is 0.250.